The van der Waals surface area contributed by atoms with E-state index in [0.717, 1.165) is 22.4 Å². The second-order valence-electron chi connectivity index (χ2n) is 4.68. The molecule has 20 heavy (non-hydrogen) atoms. The number of terminal acetylenes is 1. The quantitative estimate of drug-likeness (QED) is 0.604. The summed E-state index contributed by atoms with van der Waals surface area (Å²) in [5.41, 5.74) is 4.14. The molecule has 0 spiro atoms. The van der Waals surface area contributed by atoms with Crippen molar-refractivity contribution in [1.82, 2.24) is 0 Å². The minimum absolute atomic E-state index is 0.254. The van der Waals surface area contributed by atoms with Crippen LogP contribution < -0.4 is 9.47 Å². The highest BCUT2D eigenvalue weighted by molar-refractivity contribution is 5.75. The standard InChI is InChI=1S/C18H14O2/c1-3-15-10-17-18(20-12-19-17)11-16(15)9-8-14-6-4-13(2)5-7-14/h1,4-11H,12H2,2H3. The highest BCUT2D eigenvalue weighted by atomic mass is 16.7. The fraction of sp³-hybridized carbons (Fsp3) is 0.111. The van der Waals surface area contributed by atoms with Gasteiger partial charge in [-0.25, -0.2) is 0 Å². The lowest BCUT2D eigenvalue weighted by atomic mass is 10.0. The van der Waals surface area contributed by atoms with Crippen molar-refractivity contribution in [2.45, 2.75) is 6.92 Å². The van der Waals surface area contributed by atoms with Crippen LogP contribution in [0, 0.1) is 19.3 Å². The van der Waals surface area contributed by atoms with Crippen molar-refractivity contribution >= 4 is 12.2 Å². The fourth-order valence-electron chi connectivity index (χ4n) is 2.08. The van der Waals surface area contributed by atoms with E-state index < -0.39 is 0 Å². The van der Waals surface area contributed by atoms with Gasteiger partial charge in [0.05, 0.1) is 0 Å². The summed E-state index contributed by atoms with van der Waals surface area (Å²) in [7, 11) is 0. The van der Waals surface area contributed by atoms with Gasteiger partial charge in [0.15, 0.2) is 11.5 Å². The molecule has 0 amide bonds. The van der Waals surface area contributed by atoms with Crippen LogP contribution in [0.1, 0.15) is 22.3 Å². The topological polar surface area (TPSA) is 18.5 Å². The predicted octanol–water partition coefficient (Wildman–Crippen LogP) is 3.88. The molecule has 2 heteroatoms. The molecule has 0 atom stereocenters. The molecule has 2 aromatic rings. The second-order valence-corrected chi connectivity index (χ2v) is 4.68. The Hall–Kier alpha value is -2.66. The third-order valence-corrected chi connectivity index (χ3v) is 3.23. The Balaban J connectivity index is 1.94. The van der Waals surface area contributed by atoms with Crippen LogP contribution in [0.5, 0.6) is 11.5 Å². The molecule has 3 rings (SSSR count). The largest absolute Gasteiger partial charge is 0.454 e. The molecule has 0 unspecified atom stereocenters. The first-order valence-corrected chi connectivity index (χ1v) is 6.41. The Bertz CT molecular complexity index is 703. The van der Waals surface area contributed by atoms with Gasteiger partial charge in [0.2, 0.25) is 6.79 Å². The van der Waals surface area contributed by atoms with Gasteiger partial charge in [-0.15, -0.1) is 6.42 Å². The lowest BCUT2D eigenvalue weighted by Crippen LogP contribution is -1.92. The minimum atomic E-state index is 0.254. The Kier molecular flexibility index (Phi) is 3.18. The summed E-state index contributed by atoms with van der Waals surface area (Å²) < 4.78 is 10.7. The van der Waals surface area contributed by atoms with E-state index in [4.69, 9.17) is 15.9 Å². The third kappa shape index (κ3) is 2.39. The molecule has 2 nitrogen and oxygen atoms in total. The summed E-state index contributed by atoms with van der Waals surface area (Å²) in [6.45, 7) is 2.33. The number of rotatable bonds is 2. The fourth-order valence-corrected chi connectivity index (χ4v) is 2.08. The zero-order valence-corrected chi connectivity index (χ0v) is 11.2. The number of ether oxygens (including phenoxy) is 2. The zero-order valence-electron chi connectivity index (χ0n) is 11.2. The number of hydrogen-bond donors (Lipinski definition) is 0. The monoisotopic (exact) mass is 262 g/mol. The van der Waals surface area contributed by atoms with E-state index in [9.17, 15) is 0 Å². The van der Waals surface area contributed by atoms with Crippen LogP contribution in [0.3, 0.4) is 0 Å². The van der Waals surface area contributed by atoms with Gasteiger partial charge in [0, 0.05) is 11.6 Å². The van der Waals surface area contributed by atoms with Crippen molar-refractivity contribution in [3.8, 4) is 23.8 Å². The van der Waals surface area contributed by atoms with Crippen molar-refractivity contribution in [2.75, 3.05) is 6.79 Å². The average molecular weight is 262 g/mol. The van der Waals surface area contributed by atoms with E-state index in [1.165, 1.54) is 5.56 Å². The van der Waals surface area contributed by atoms with Crippen LogP contribution in [0.15, 0.2) is 36.4 Å². The minimum Gasteiger partial charge on any atom is -0.454 e. The average Bonchev–Trinajstić information content (AvgIpc) is 2.92. The lowest BCUT2D eigenvalue weighted by Gasteiger charge is -2.02. The van der Waals surface area contributed by atoms with E-state index in [1.807, 2.05) is 24.3 Å². The van der Waals surface area contributed by atoms with Crippen molar-refractivity contribution in [3.63, 3.8) is 0 Å². The van der Waals surface area contributed by atoms with Crippen LogP contribution in [0.25, 0.3) is 12.2 Å². The highest BCUT2D eigenvalue weighted by Crippen LogP contribution is 2.35. The molecule has 0 saturated carbocycles. The van der Waals surface area contributed by atoms with Gasteiger partial charge in [0.1, 0.15) is 0 Å². The maximum atomic E-state index is 5.55. The van der Waals surface area contributed by atoms with Crippen LogP contribution in [-0.4, -0.2) is 6.79 Å². The molecule has 1 aliphatic heterocycles. The SMILES string of the molecule is C#Cc1cc2c(cc1C=Cc1ccc(C)cc1)OCO2. The number of aryl methyl sites for hydroxylation is 1. The van der Waals surface area contributed by atoms with E-state index >= 15 is 0 Å². The molecule has 2 aromatic carbocycles. The van der Waals surface area contributed by atoms with E-state index in [0.29, 0.717) is 5.75 Å². The molecule has 1 heterocycles. The second kappa shape index (κ2) is 5.14. The Morgan fingerprint density at radius 2 is 1.75 bits per heavy atom. The molecule has 0 radical (unpaired) electrons. The molecule has 0 saturated heterocycles. The third-order valence-electron chi connectivity index (χ3n) is 3.23. The van der Waals surface area contributed by atoms with Crippen molar-refractivity contribution in [1.29, 1.82) is 0 Å². The van der Waals surface area contributed by atoms with Crippen LogP contribution in [0.2, 0.25) is 0 Å². The first-order valence-electron chi connectivity index (χ1n) is 6.41. The van der Waals surface area contributed by atoms with Crippen LogP contribution in [0.4, 0.5) is 0 Å². The van der Waals surface area contributed by atoms with E-state index in [1.54, 1.807) is 0 Å². The summed E-state index contributed by atoms with van der Waals surface area (Å²) in [4.78, 5) is 0. The molecular weight excluding hydrogens is 248 g/mol. The van der Waals surface area contributed by atoms with Gasteiger partial charge >= 0.3 is 0 Å². The number of hydrogen-bond acceptors (Lipinski definition) is 2. The zero-order chi connectivity index (χ0) is 13.9. The summed E-state index contributed by atoms with van der Waals surface area (Å²) in [6.07, 6.45) is 9.59. The smallest absolute Gasteiger partial charge is 0.231 e. The maximum Gasteiger partial charge on any atom is 0.231 e. The lowest BCUT2D eigenvalue weighted by molar-refractivity contribution is 0.174. The first kappa shape index (κ1) is 12.4. The Morgan fingerprint density at radius 3 is 2.45 bits per heavy atom. The Labute approximate surface area is 118 Å². The molecular formula is C18H14O2. The van der Waals surface area contributed by atoms with Gasteiger partial charge in [-0.05, 0) is 24.1 Å². The maximum absolute atomic E-state index is 5.55. The highest BCUT2D eigenvalue weighted by Gasteiger charge is 2.15. The molecule has 98 valence electrons. The predicted molar refractivity (Wildman–Crippen MR) is 80.6 cm³/mol. The summed E-state index contributed by atoms with van der Waals surface area (Å²) in [5.74, 6) is 4.14. The van der Waals surface area contributed by atoms with E-state index in [-0.39, 0.29) is 6.79 Å². The summed E-state index contributed by atoms with van der Waals surface area (Å²) >= 11 is 0. The van der Waals surface area contributed by atoms with Gasteiger partial charge in [-0.1, -0.05) is 47.9 Å². The normalized spacial score (nSPS) is 12.6. The van der Waals surface area contributed by atoms with Gasteiger partial charge < -0.3 is 9.47 Å². The molecule has 0 fully saturated rings. The summed E-state index contributed by atoms with van der Waals surface area (Å²) in [6, 6.07) is 12.1. The molecule has 0 N–H and O–H groups in total. The van der Waals surface area contributed by atoms with Gasteiger partial charge in [0.25, 0.3) is 0 Å². The van der Waals surface area contributed by atoms with Crippen LogP contribution in [-0.2, 0) is 0 Å². The molecule has 0 bridgehead atoms. The number of fused-ring (bicyclic) bond motifs is 1. The van der Waals surface area contributed by atoms with Crippen molar-refractivity contribution in [2.24, 2.45) is 0 Å². The molecule has 0 aliphatic carbocycles. The van der Waals surface area contributed by atoms with Gasteiger partial charge in [-0.3, -0.25) is 0 Å². The summed E-state index contributed by atoms with van der Waals surface area (Å²) in [5, 5.41) is 0. The van der Waals surface area contributed by atoms with Crippen molar-refractivity contribution in [3.05, 3.63) is 58.7 Å². The first-order chi connectivity index (χ1) is 9.76. The Morgan fingerprint density at radius 1 is 1.05 bits per heavy atom. The molecule has 0 aromatic heterocycles. The molecule has 1 aliphatic rings. The van der Waals surface area contributed by atoms with Crippen LogP contribution >= 0.6 is 0 Å². The van der Waals surface area contributed by atoms with Gasteiger partial charge in [-0.2, -0.15) is 0 Å². The van der Waals surface area contributed by atoms with Crippen molar-refractivity contribution < 1.29 is 9.47 Å². The van der Waals surface area contributed by atoms with E-state index in [2.05, 4.69) is 37.1 Å². The number of benzene rings is 2.